The van der Waals surface area contributed by atoms with E-state index in [0.29, 0.717) is 18.4 Å². The van der Waals surface area contributed by atoms with Gasteiger partial charge in [-0.25, -0.2) is 0 Å². The Labute approximate surface area is 127 Å². The maximum absolute atomic E-state index is 12.3. The van der Waals surface area contributed by atoms with Crippen molar-refractivity contribution in [1.29, 1.82) is 0 Å². The fourth-order valence-electron chi connectivity index (χ4n) is 2.88. The van der Waals surface area contributed by atoms with Crippen molar-refractivity contribution < 1.29 is 14.3 Å². The van der Waals surface area contributed by atoms with Gasteiger partial charge in [-0.3, -0.25) is 4.79 Å². The van der Waals surface area contributed by atoms with Gasteiger partial charge < -0.3 is 14.4 Å². The molecule has 1 aromatic carbocycles. The van der Waals surface area contributed by atoms with Gasteiger partial charge in [0.15, 0.2) is 6.61 Å². The van der Waals surface area contributed by atoms with E-state index in [1.807, 2.05) is 43.0 Å². The van der Waals surface area contributed by atoms with Crippen LogP contribution in [0.2, 0.25) is 0 Å². The number of likely N-dealkylation sites (N-methyl/N-ethyl adjacent to an activating group) is 1. The molecule has 0 heterocycles. The molecule has 1 aromatic rings. The number of hydrogen-bond acceptors (Lipinski definition) is 3. The average molecular weight is 291 g/mol. The van der Waals surface area contributed by atoms with Crippen molar-refractivity contribution in [2.45, 2.75) is 45.6 Å². The molecule has 0 N–H and O–H groups in total. The normalized spacial score (nSPS) is 15.0. The van der Waals surface area contributed by atoms with E-state index in [1.54, 1.807) is 0 Å². The van der Waals surface area contributed by atoms with E-state index in [0.717, 1.165) is 25.1 Å². The van der Waals surface area contributed by atoms with E-state index >= 15 is 0 Å². The molecule has 0 unspecified atom stereocenters. The molecule has 0 saturated heterocycles. The van der Waals surface area contributed by atoms with Crippen LogP contribution < -0.4 is 9.47 Å². The Morgan fingerprint density at radius 1 is 1.10 bits per heavy atom. The van der Waals surface area contributed by atoms with Crippen LogP contribution in [0.1, 0.15) is 39.5 Å². The predicted octanol–water partition coefficient (Wildman–Crippen LogP) is 3.26. The van der Waals surface area contributed by atoms with Gasteiger partial charge in [0.1, 0.15) is 11.5 Å². The van der Waals surface area contributed by atoms with Crippen LogP contribution in [0.15, 0.2) is 24.3 Å². The third-order valence-corrected chi connectivity index (χ3v) is 3.92. The molecule has 2 rings (SSSR count). The van der Waals surface area contributed by atoms with Crippen molar-refractivity contribution in [2.24, 2.45) is 0 Å². The lowest BCUT2D eigenvalue weighted by Crippen LogP contribution is -2.41. The summed E-state index contributed by atoms with van der Waals surface area (Å²) in [6.45, 7) is 5.50. The number of ether oxygens (including phenoxy) is 2. The van der Waals surface area contributed by atoms with Gasteiger partial charge in [-0.2, -0.15) is 0 Å². The Bertz CT molecular complexity index is 438. The molecule has 0 aromatic heterocycles. The number of carbonyl (C=O) groups excluding carboxylic acids is 1. The molecular weight excluding hydrogens is 266 g/mol. The summed E-state index contributed by atoms with van der Waals surface area (Å²) in [5.74, 6) is 1.60. The summed E-state index contributed by atoms with van der Waals surface area (Å²) in [4.78, 5) is 14.2. The Morgan fingerprint density at radius 2 is 1.67 bits per heavy atom. The largest absolute Gasteiger partial charge is 0.494 e. The summed E-state index contributed by atoms with van der Waals surface area (Å²) in [5.41, 5.74) is 0. The molecule has 0 bridgehead atoms. The molecule has 0 atom stereocenters. The minimum atomic E-state index is 0.0817. The molecule has 1 amide bonds. The SMILES string of the molecule is CCOc1ccc(OCC(=O)N(CC)C2CCCC2)cc1. The van der Waals surface area contributed by atoms with E-state index in [2.05, 4.69) is 0 Å². The van der Waals surface area contributed by atoms with Crippen molar-refractivity contribution in [2.75, 3.05) is 19.8 Å². The van der Waals surface area contributed by atoms with E-state index in [4.69, 9.17) is 9.47 Å². The molecule has 1 aliphatic carbocycles. The van der Waals surface area contributed by atoms with Crippen LogP contribution in [-0.4, -0.2) is 36.6 Å². The summed E-state index contributed by atoms with van der Waals surface area (Å²) >= 11 is 0. The van der Waals surface area contributed by atoms with Crippen molar-refractivity contribution in [3.8, 4) is 11.5 Å². The molecule has 1 aliphatic rings. The molecule has 21 heavy (non-hydrogen) atoms. The highest BCUT2D eigenvalue weighted by molar-refractivity contribution is 5.78. The fourth-order valence-corrected chi connectivity index (χ4v) is 2.88. The number of nitrogens with zero attached hydrogens (tertiary/aromatic N) is 1. The molecule has 0 spiro atoms. The van der Waals surface area contributed by atoms with Crippen LogP contribution >= 0.6 is 0 Å². The quantitative estimate of drug-likeness (QED) is 0.774. The number of hydrogen-bond donors (Lipinski definition) is 0. The summed E-state index contributed by atoms with van der Waals surface area (Å²) in [7, 11) is 0. The first-order valence-electron chi connectivity index (χ1n) is 7.89. The van der Waals surface area contributed by atoms with Crippen LogP contribution in [-0.2, 0) is 4.79 Å². The van der Waals surface area contributed by atoms with Gasteiger partial charge in [-0.1, -0.05) is 12.8 Å². The fraction of sp³-hybridized carbons (Fsp3) is 0.588. The van der Waals surface area contributed by atoms with Gasteiger partial charge in [0.05, 0.1) is 6.61 Å². The second-order valence-corrected chi connectivity index (χ2v) is 5.31. The second kappa shape index (κ2) is 7.91. The molecule has 4 nitrogen and oxygen atoms in total. The molecule has 0 radical (unpaired) electrons. The minimum Gasteiger partial charge on any atom is -0.494 e. The number of benzene rings is 1. The smallest absolute Gasteiger partial charge is 0.260 e. The Hall–Kier alpha value is -1.71. The van der Waals surface area contributed by atoms with Crippen LogP contribution in [0.4, 0.5) is 0 Å². The van der Waals surface area contributed by atoms with E-state index < -0.39 is 0 Å². The lowest BCUT2D eigenvalue weighted by Gasteiger charge is -2.27. The van der Waals surface area contributed by atoms with Gasteiger partial charge in [-0.05, 0) is 51.0 Å². The highest BCUT2D eigenvalue weighted by atomic mass is 16.5. The van der Waals surface area contributed by atoms with Crippen molar-refractivity contribution in [1.82, 2.24) is 4.90 Å². The third kappa shape index (κ3) is 4.38. The zero-order chi connectivity index (χ0) is 15.1. The maximum Gasteiger partial charge on any atom is 0.260 e. The molecule has 4 heteroatoms. The molecule has 0 aliphatic heterocycles. The standard InChI is InChI=1S/C17H25NO3/c1-3-18(14-7-5-6-8-14)17(19)13-21-16-11-9-15(10-12-16)20-4-2/h9-12,14H,3-8,13H2,1-2H3. The van der Waals surface area contributed by atoms with Gasteiger partial charge in [0.2, 0.25) is 0 Å². The lowest BCUT2D eigenvalue weighted by atomic mass is 10.2. The first-order chi connectivity index (χ1) is 10.2. The number of carbonyl (C=O) groups is 1. The van der Waals surface area contributed by atoms with Crippen LogP contribution in [0.3, 0.4) is 0 Å². The first-order valence-corrected chi connectivity index (χ1v) is 7.89. The summed E-state index contributed by atoms with van der Waals surface area (Å²) < 4.78 is 11.0. The summed E-state index contributed by atoms with van der Waals surface area (Å²) in [5, 5.41) is 0. The lowest BCUT2D eigenvalue weighted by molar-refractivity contribution is -0.135. The van der Waals surface area contributed by atoms with Crippen LogP contribution in [0, 0.1) is 0 Å². The number of amides is 1. The summed E-state index contributed by atoms with van der Waals surface area (Å²) in [6, 6.07) is 7.80. The van der Waals surface area contributed by atoms with Crippen LogP contribution in [0.25, 0.3) is 0 Å². The number of rotatable bonds is 7. The van der Waals surface area contributed by atoms with Crippen molar-refractivity contribution in [3.05, 3.63) is 24.3 Å². The van der Waals surface area contributed by atoms with E-state index in [9.17, 15) is 4.79 Å². The van der Waals surface area contributed by atoms with Gasteiger partial charge in [0.25, 0.3) is 5.91 Å². The molecular formula is C17H25NO3. The minimum absolute atomic E-state index is 0.0817. The van der Waals surface area contributed by atoms with Gasteiger partial charge >= 0.3 is 0 Å². The van der Waals surface area contributed by atoms with E-state index in [1.165, 1.54) is 12.8 Å². The highest BCUT2D eigenvalue weighted by Crippen LogP contribution is 2.23. The van der Waals surface area contributed by atoms with Crippen molar-refractivity contribution >= 4 is 5.91 Å². The average Bonchev–Trinajstić information content (AvgIpc) is 3.02. The van der Waals surface area contributed by atoms with Gasteiger partial charge in [0, 0.05) is 12.6 Å². The predicted molar refractivity (Wildman–Crippen MR) is 82.7 cm³/mol. The zero-order valence-electron chi connectivity index (χ0n) is 13.0. The molecule has 116 valence electrons. The first kappa shape index (κ1) is 15.7. The maximum atomic E-state index is 12.3. The monoisotopic (exact) mass is 291 g/mol. The Morgan fingerprint density at radius 3 is 2.19 bits per heavy atom. The topological polar surface area (TPSA) is 38.8 Å². The van der Waals surface area contributed by atoms with Crippen LogP contribution in [0.5, 0.6) is 11.5 Å². The molecule has 1 fully saturated rings. The third-order valence-electron chi connectivity index (χ3n) is 3.92. The highest BCUT2D eigenvalue weighted by Gasteiger charge is 2.25. The second-order valence-electron chi connectivity index (χ2n) is 5.31. The molecule has 1 saturated carbocycles. The summed E-state index contributed by atoms with van der Waals surface area (Å²) in [6.07, 6.45) is 4.72. The van der Waals surface area contributed by atoms with Crippen molar-refractivity contribution in [3.63, 3.8) is 0 Å². The van der Waals surface area contributed by atoms with E-state index in [-0.39, 0.29) is 12.5 Å². The van der Waals surface area contributed by atoms with Gasteiger partial charge in [-0.15, -0.1) is 0 Å². The Balaban J connectivity index is 1.84. The zero-order valence-corrected chi connectivity index (χ0v) is 13.0. The Kier molecular flexibility index (Phi) is 5.90.